The van der Waals surface area contributed by atoms with Crippen molar-refractivity contribution >= 4 is 5.78 Å². The summed E-state index contributed by atoms with van der Waals surface area (Å²) in [7, 11) is 0. The number of fused-ring (bicyclic) bond motifs is 5. The van der Waals surface area contributed by atoms with Crippen LogP contribution >= 0.6 is 0 Å². The average Bonchev–Trinajstić information content (AvgIpc) is 3.06. The Morgan fingerprint density at radius 3 is 2.43 bits per heavy atom. The van der Waals surface area contributed by atoms with E-state index in [1.54, 1.807) is 11.1 Å². The quantitative estimate of drug-likeness (QED) is 0.414. The highest BCUT2D eigenvalue weighted by molar-refractivity contribution is 5.79. The number of carbonyl (C=O) groups is 1. The Bertz CT molecular complexity index is 684. The SMILES string of the molecule is CCC(CC[C@@H](C)[C@H]1CC[C@H]2[C@@H]3CC[C@H]4CC(=O)CC[C@]4(C)[C@H]3CC[C@]12C)=C(C)C. The fraction of sp³-hybridized carbons (Fsp3) is 0.897. The van der Waals surface area contributed by atoms with Crippen LogP contribution in [-0.4, -0.2) is 5.78 Å². The highest BCUT2D eigenvalue weighted by atomic mass is 16.1. The molecule has 4 aliphatic rings. The average molecular weight is 413 g/mol. The van der Waals surface area contributed by atoms with Gasteiger partial charge >= 0.3 is 0 Å². The minimum absolute atomic E-state index is 0.460. The molecule has 0 aromatic heterocycles. The summed E-state index contributed by atoms with van der Waals surface area (Å²) in [6, 6.07) is 0. The first-order valence-corrected chi connectivity index (χ1v) is 13.4. The maximum atomic E-state index is 12.1. The molecule has 4 rings (SSSR count). The topological polar surface area (TPSA) is 17.1 Å². The van der Waals surface area contributed by atoms with Gasteiger partial charge in [0.2, 0.25) is 0 Å². The summed E-state index contributed by atoms with van der Waals surface area (Å²) in [6.45, 7) is 14.8. The number of hydrogen-bond donors (Lipinski definition) is 0. The van der Waals surface area contributed by atoms with Crippen LogP contribution in [0.15, 0.2) is 11.1 Å². The Hall–Kier alpha value is -0.590. The molecule has 170 valence electrons. The molecule has 8 atom stereocenters. The molecule has 4 aliphatic carbocycles. The molecule has 0 amide bonds. The van der Waals surface area contributed by atoms with Crippen molar-refractivity contribution in [1.82, 2.24) is 0 Å². The molecular formula is C29H48O. The summed E-state index contributed by atoms with van der Waals surface area (Å²) >= 11 is 0. The van der Waals surface area contributed by atoms with Crippen molar-refractivity contribution in [3.8, 4) is 0 Å². The number of hydrogen-bond acceptors (Lipinski definition) is 1. The van der Waals surface area contributed by atoms with Gasteiger partial charge in [0.05, 0.1) is 0 Å². The summed E-state index contributed by atoms with van der Waals surface area (Å²) in [5.74, 6) is 5.82. The second-order valence-electron chi connectivity index (χ2n) is 12.6. The van der Waals surface area contributed by atoms with E-state index in [9.17, 15) is 4.79 Å². The fourth-order valence-electron chi connectivity index (χ4n) is 9.40. The third kappa shape index (κ3) is 3.65. The van der Waals surface area contributed by atoms with Crippen LogP contribution in [-0.2, 0) is 4.79 Å². The number of ketones is 1. The Morgan fingerprint density at radius 1 is 1.00 bits per heavy atom. The summed E-state index contributed by atoms with van der Waals surface area (Å²) in [4.78, 5) is 12.1. The molecule has 0 aromatic carbocycles. The van der Waals surface area contributed by atoms with Gasteiger partial charge in [0.15, 0.2) is 0 Å². The lowest BCUT2D eigenvalue weighted by Crippen LogP contribution is -2.53. The van der Waals surface area contributed by atoms with E-state index in [2.05, 4.69) is 41.5 Å². The van der Waals surface area contributed by atoms with Gasteiger partial charge in [-0.1, -0.05) is 38.8 Å². The molecule has 4 fully saturated rings. The first-order chi connectivity index (χ1) is 14.2. The van der Waals surface area contributed by atoms with Crippen LogP contribution in [0.5, 0.6) is 0 Å². The van der Waals surface area contributed by atoms with Gasteiger partial charge in [-0.25, -0.2) is 0 Å². The van der Waals surface area contributed by atoms with Crippen LogP contribution in [0.2, 0.25) is 0 Å². The van der Waals surface area contributed by atoms with E-state index in [0.29, 0.717) is 22.5 Å². The van der Waals surface area contributed by atoms with Crippen molar-refractivity contribution in [2.45, 2.75) is 119 Å². The van der Waals surface area contributed by atoms with E-state index in [1.165, 1.54) is 64.2 Å². The van der Waals surface area contributed by atoms with Crippen molar-refractivity contribution in [3.63, 3.8) is 0 Å². The van der Waals surface area contributed by atoms with Gasteiger partial charge in [-0.2, -0.15) is 0 Å². The van der Waals surface area contributed by atoms with Gasteiger partial charge in [0, 0.05) is 12.8 Å². The molecule has 0 unspecified atom stereocenters. The zero-order chi connectivity index (χ0) is 21.7. The Kier molecular flexibility index (Phi) is 6.33. The van der Waals surface area contributed by atoms with Crippen LogP contribution in [0.4, 0.5) is 0 Å². The molecular weight excluding hydrogens is 364 g/mol. The standard InChI is InChI=1S/C29H48O/c1-7-21(19(2)3)9-8-20(4)25-12-13-26-24-11-10-22-18-23(30)14-16-28(22,5)27(24)15-17-29(25,26)6/h20,22,24-27H,7-18H2,1-6H3/t20-,22+,24+,25-,26+,27+,28+,29-/m1/s1. The largest absolute Gasteiger partial charge is 0.300 e. The van der Waals surface area contributed by atoms with Crippen molar-refractivity contribution in [2.75, 3.05) is 0 Å². The van der Waals surface area contributed by atoms with E-state index in [1.807, 2.05) is 0 Å². The molecule has 0 bridgehead atoms. The zero-order valence-corrected chi connectivity index (χ0v) is 20.9. The zero-order valence-electron chi connectivity index (χ0n) is 20.9. The van der Waals surface area contributed by atoms with E-state index < -0.39 is 0 Å². The molecule has 30 heavy (non-hydrogen) atoms. The van der Waals surface area contributed by atoms with Crippen LogP contribution in [0.25, 0.3) is 0 Å². The molecule has 0 aliphatic heterocycles. The van der Waals surface area contributed by atoms with Crippen LogP contribution in [0.3, 0.4) is 0 Å². The third-order valence-electron chi connectivity index (χ3n) is 11.3. The smallest absolute Gasteiger partial charge is 0.133 e. The Labute approximate surface area is 186 Å². The normalized spacial score (nSPS) is 44.1. The first kappa shape index (κ1) is 22.6. The first-order valence-electron chi connectivity index (χ1n) is 13.4. The number of Topliss-reactive ketones (excluding diaryl/α,β-unsaturated/α-hetero) is 1. The highest BCUT2D eigenvalue weighted by Gasteiger charge is 2.60. The molecule has 0 heterocycles. The number of carbonyl (C=O) groups excluding carboxylic acids is 1. The molecule has 1 heteroatoms. The van der Waals surface area contributed by atoms with Gasteiger partial charge in [0.25, 0.3) is 0 Å². The molecule has 0 radical (unpaired) electrons. The predicted molar refractivity (Wildman–Crippen MR) is 127 cm³/mol. The predicted octanol–water partition coefficient (Wildman–Crippen LogP) is 8.38. The van der Waals surface area contributed by atoms with E-state index in [0.717, 1.165) is 42.4 Å². The third-order valence-corrected chi connectivity index (χ3v) is 11.3. The molecule has 0 aromatic rings. The van der Waals surface area contributed by atoms with E-state index in [4.69, 9.17) is 0 Å². The number of allylic oxidation sites excluding steroid dienone is 2. The van der Waals surface area contributed by atoms with Crippen molar-refractivity contribution < 1.29 is 4.79 Å². The minimum atomic E-state index is 0.460. The minimum Gasteiger partial charge on any atom is -0.300 e. The Morgan fingerprint density at radius 2 is 1.73 bits per heavy atom. The van der Waals surface area contributed by atoms with Crippen molar-refractivity contribution in [3.05, 3.63) is 11.1 Å². The summed E-state index contributed by atoms with van der Waals surface area (Å²) in [5.41, 5.74) is 4.28. The molecule has 0 spiro atoms. The van der Waals surface area contributed by atoms with Crippen LogP contribution < -0.4 is 0 Å². The summed E-state index contributed by atoms with van der Waals surface area (Å²) in [5, 5.41) is 0. The summed E-state index contributed by atoms with van der Waals surface area (Å²) < 4.78 is 0. The van der Waals surface area contributed by atoms with Crippen molar-refractivity contribution in [1.29, 1.82) is 0 Å². The monoisotopic (exact) mass is 412 g/mol. The second-order valence-corrected chi connectivity index (χ2v) is 12.6. The molecule has 4 saturated carbocycles. The van der Waals surface area contributed by atoms with Crippen LogP contribution in [0, 0.1) is 46.3 Å². The van der Waals surface area contributed by atoms with Gasteiger partial charge in [0.1, 0.15) is 5.78 Å². The molecule has 0 N–H and O–H groups in total. The summed E-state index contributed by atoms with van der Waals surface area (Å²) in [6.07, 6.45) is 15.5. The lowest BCUT2D eigenvalue weighted by Gasteiger charge is -2.60. The lowest BCUT2D eigenvalue weighted by atomic mass is 9.44. The van der Waals surface area contributed by atoms with Crippen LogP contribution in [0.1, 0.15) is 119 Å². The molecule has 1 nitrogen and oxygen atoms in total. The van der Waals surface area contributed by atoms with Gasteiger partial charge in [-0.3, -0.25) is 4.79 Å². The van der Waals surface area contributed by atoms with E-state index in [-0.39, 0.29) is 0 Å². The molecule has 0 saturated heterocycles. The Balaban J connectivity index is 1.47. The lowest BCUT2D eigenvalue weighted by molar-refractivity contribution is -0.140. The second kappa shape index (κ2) is 8.40. The van der Waals surface area contributed by atoms with Crippen molar-refractivity contribution in [2.24, 2.45) is 46.3 Å². The highest BCUT2D eigenvalue weighted by Crippen LogP contribution is 2.68. The maximum absolute atomic E-state index is 12.1. The van der Waals surface area contributed by atoms with Gasteiger partial charge < -0.3 is 0 Å². The number of rotatable bonds is 5. The maximum Gasteiger partial charge on any atom is 0.133 e. The van der Waals surface area contributed by atoms with Gasteiger partial charge in [-0.05, 0) is 124 Å². The fourth-order valence-corrected chi connectivity index (χ4v) is 9.40. The van der Waals surface area contributed by atoms with E-state index >= 15 is 0 Å². The van der Waals surface area contributed by atoms with Gasteiger partial charge in [-0.15, -0.1) is 0 Å².